The molecule has 0 aliphatic heterocycles. The van der Waals surface area contributed by atoms with Crippen LogP contribution in [-0.2, 0) is 13.2 Å². The fourth-order valence-corrected chi connectivity index (χ4v) is 2.05. The third kappa shape index (κ3) is 3.34. The Balaban J connectivity index is 2.04. The quantitative estimate of drug-likeness (QED) is 0.917. The Labute approximate surface area is 113 Å². The van der Waals surface area contributed by atoms with E-state index in [0.717, 1.165) is 11.3 Å². The van der Waals surface area contributed by atoms with Crippen LogP contribution in [-0.4, -0.2) is 7.05 Å². The second kappa shape index (κ2) is 6.02. The van der Waals surface area contributed by atoms with Crippen molar-refractivity contribution in [3.63, 3.8) is 0 Å². The van der Waals surface area contributed by atoms with Crippen molar-refractivity contribution in [1.82, 2.24) is 5.32 Å². The van der Waals surface area contributed by atoms with E-state index in [0.29, 0.717) is 16.8 Å². The standard InChI is InChI=1S/C13H13BrFNO2/c1-16-7-9-2-3-17-13(9)8-18-12-5-10(14)4-11(15)6-12/h2-6,16H,7-8H2,1H3. The molecule has 0 atom stereocenters. The van der Waals surface area contributed by atoms with Gasteiger partial charge in [-0.2, -0.15) is 0 Å². The van der Waals surface area contributed by atoms with Crippen molar-refractivity contribution in [3.8, 4) is 5.75 Å². The molecular formula is C13H13BrFNO2. The number of ether oxygens (including phenoxy) is 1. The van der Waals surface area contributed by atoms with E-state index in [2.05, 4.69) is 21.2 Å². The fraction of sp³-hybridized carbons (Fsp3) is 0.231. The molecule has 2 rings (SSSR count). The molecule has 5 heteroatoms. The van der Waals surface area contributed by atoms with E-state index in [9.17, 15) is 4.39 Å². The van der Waals surface area contributed by atoms with Gasteiger partial charge in [0.15, 0.2) is 0 Å². The van der Waals surface area contributed by atoms with Crippen LogP contribution >= 0.6 is 15.9 Å². The van der Waals surface area contributed by atoms with Crippen molar-refractivity contribution >= 4 is 15.9 Å². The molecule has 0 amide bonds. The molecule has 1 heterocycles. The minimum Gasteiger partial charge on any atom is -0.486 e. The molecule has 1 aromatic carbocycles. The highest BCUT2D eigenvalue weighted by Crippen LogP contribution is 2.22. The largest absolute Gasteiger partial charge is 0.486 e. The summed E-state index contributed by atoms with van der Waals surface area (Å²) in [6, 6.07) is 6.32. The average molecular weight is 314 g/mol. The van der Waals surface area contributed by atoms with E-state index in [1.807, 2.05) is 13.1 Å². The van der Waals surface area contributed by atoms with Crippen molar-refractivity contribution in [2.45, 2.75) is 13.2 Å². The lowest BCUT2D eigenvalue weighted by Crippen LogP contribution is -2.07. The topological polar surface area (TPSA) is 34.4 Å². The lowest BCUT2D eigenvalue weighted by molar-refractivity contribution is 0.267. The fourth-order valence-electron chi connectivity index (χ4n) is 1.60. The molecule has 0 unspecified atom stereocenters. The Bertz CT molecular complexity index is 507. The molecule has 1 N–H and O–H groups in total. The average Bonchev–Trinajstić information content (AvgIpc) is 2.73. The van der Waals surface area contributed by atoms with Crippen LogP contribution in [0.3, 0.4) is 0 Å². The Kier molecular flexibility index (Phi) is 4.38. The first kappa shape index (κ1) is 13.1. The molecular weight excluding hydrogens is 301 g/mol. The Hall–Kier alpha value is -1.33. The minimum atomic E-state index is -0.339. The van der Waals surface area contributed by atoms with Gasteiger partial charge in [-0.1, -0.05) is 15.9 Å². The number of hydrogen-bond acceptors (Lipinski definition) is 3. The molecule has 0 saturated heterocycles. The summed E-state index contributed by atoms with van der Waals surface area (Å²) in [4.78, 5) is 0. The van der Waals surface area contributed by atoms with Gasteiger partial charge in [-0.25, -0.2) is 4.39 Å². The van der Waals surface area contributed by atoms with E-state index >= 15 is 0 Å². The van der Waals surface area contributed by atoms with E-state index in [1.54, 1.807) is 12.3 Å². The summed E-state index contributed by atoms with van der Waals surface area (Å²) in [7, 11) is 1.86. The normalized spacial score (nSPS) is 10.6. The molecule has 1 aromatic heterocycles. The smallest absolute Gasteiger partial charge is 0.146 e. The highest BCUT2D eigenvalue weighted by molar-refractivity contribution is 9.10. The number of rotatable bonds is 5. The van der Waals surface area contributed by atoms with E-state index < -0.39 is 0 Å². The van der Waals surface area contributed by atoms with Gasteiger partial charge in [-0.05, 0) is 25.2 Å². The van der Waals surface area contributed by atoms with E-state index in [4.69, 9.17) is 9.15 Å². The second-order valence-electron chi connectivity index (χ2n) is 3.79. The van der Waals surface area contributed by atoms with Crippen LogP contribution in [0.25, 0.3) is 0 Å². The van der Waals surface area contributed by atoms with Crippen molar-refractivity contribution in [1.29, 1.82) is 0 Å². The zero-order valence-electron chi connectivity index (χ0n) is 9.87. The maximum absolute atomic E-state index is 13.2. The van der Waals surface area contributed by atoms with Crippen LogP contribution in [0.5, 0.6) is 5.75 Å². The summed E-state index contributed by atoms with van der Waals surface area (Å²) in [6.45, 7) is 0.988. The summed E-state index contributed by atoms with van der Waals surface area (Å²) in [5.74, 6) is 0.868. The maximum atomic E-state index is 13.2. The Morgan fingerprint density at radius 1 is 1.39 bits per heavy atom. The molecule has 0 spiro atoms. The number of benzene rings is 1. The molecule has 2 aromatic rings. The number of hydrogen-bond donors (Lipinski definition) is 1. The Morgan fingerprint density at radius 3 is 2.94 bits per heavy atom. The molecule has 0 aliphatic rings. The highest BCUT2D eigenvalue weighted by atomic mass is 79.9. The van der Waals surface area contributed by atoms with Crippen LogP contribution in [0.4, 0.5) is 4.39 Å². The summed E-state index contributed by atoms with van der Waals surface area (Å²) in [5, 5.41) is 3.04. The van der Waals surface area contributed by atoms with Gasteiger partial charge in [-0.3, -0.25) is 0 Å². The van der Waals surface area contributed by atoms with E-state index in [1.165, 1.54) is 12.1 Å². The third-order valence-electron chi connectivity index (χ3n) is 2.41. The Morgan fingerprint density at radius 2 is 2.22 bits per heavy atom. The van der Waals surface area contributed by atoms with Crippen molar-refractivity contribution in [2.24, 2.45) is 0 Å². The first-order valence-corrected chi connectivity index (χ1v) is 6.27. The molecule has 96 valence electrons. The first-order chi connectivity index (χ1) is 8.69. The van der Waals surface area contributed by atoms with Gasteiger partial charge in [0.2, 0.25) is 0 Å². The monoisotopic (exact) mass is 313 g/mol. The zero-order chi connectivity index (χ0) is 13.0. The molecule has 0 aliphatic carbocycles. The van der Waals surface area contributed by atoms with Crippen LogP contribution < -0.4 is 10.1 Å². The van der Waals surface area contributed by atoms with Crippen LogP contribution in [0.1, 0.15) is 11.3 Å². The van der Waals surface area contributed by atoms with Gasteiger partial charge in [-0.15, -0.1) is 0 Å². The summed E-state index contributed by atoms with van der Waals surface area (Å²) in [5.41, 5.74) is 1.04. The second-order valence-corrected chi connectivity index (χ2v) is 4.71. The van der Waals surface area contributed by atoms with Gasteiger partial charge in [0.1, 0.15) is 23.9 Å². The number of furan rings is 1. The molecule has 0 fully saturated rings. The minimum absolute atomic E-state index is 0.278. The predicted molar refractivity (Wildman–Crippen MR) is 69.9 cm³/mol. The molecule has 0 radical (unpaired) electrons. The lowest BCUT2D eigenvalue weighted by Gasteiger charge is -2.07. The van der Waals surface area contributed by atoms with E-state index in [-0.39, 0.29) is 12.4 Å². The van der Waals surface area contributed by atoms with Gasteiger partial charge in [0, 0.05) is 22.6 Å². The number of halogens is 2. The van der Waals surface area contributed by atoms with Gasteiger partial charge < -0.3 is 14.5 Å². The molecule has 18 heavy (non-hydrogen) atoms. The van der Waals surface area contributed by atoms with Crippen LogP contribution in [0.15, 0.2) is 39.4 Å². The lowest BCUT2D eigenvalue weighted by atomic mass is 10.2. The molecule has 0 bridgehead atoms. The molecule has 3 nitrogen and oxygen atoms in total. The summed E-state index contributed by atoms with van der Waals surface area (Å²) < 4.78 is 24.6. The molecule has 0 saturated carbocycles. The zero-order valence-corrected chi connectivity index (χ0v) is 11.5. The highest BCUT2D eigenvalue weighted by Gasteiger charge is 2.07. The summed E-state index contributed by atoms with van der Waals surface area (Å²) in [6.07, 6.45) is 1.62. The van der Waals surface area contributed by atoms with Gasteiger partial charge in [0.25, 0.3) is 0 Å². The van der Waals surface area contributed by atoms with Gasteiger partial charge >= 0.3 is 0 Å². The van der Waals surface area contributed by atoms with Gasteiger partial charge in [0.05, 0.1) is 6.26 Å². The van der Waals surface area contributed by atoms with Crippen molar-refractivity contribution in [2.75, 3.05) is 7.05 Å². The summed E-state index contributed by atoms with van der Waals surface area (Å²) >= 11 is 3.22. The maximum Gasteiger partial charge on any atom is 0.146 e. The van der Waals surface area contributed by atoms with Crippen molar-refractivity contribution < 1.29 is 13.5 Å². The number of nitrogens with one attached hydrogen (secondary N) is 1. The third-order valence-corrected chi connectivity index (χ3v) is 2.87. The first-order valence-electron chi connectivity index (χ1n) is 5.48. The predicted octanol–water partition coefficient (Wildman–Crippen LogP) is 3.48. The van der Waals surface area contributed by atoms with Crippen molar-refractivity contribution in [3.05, 3.63) is 52.1 Å². The van der Waals surface area contributed by atoms with Crippen LogP contribution in [0.2, 0.25) is 0 Å². The van der Waals surface area contributed by atoms with Crippen LogP contribution in [0, 0.1) is 5.82 Å². The SMILES string of the molecule is CNCc1ccoc1COc1cc(F)cc(Br)c1.